The Hall–Kier alpha value is -10.0. The van der Waals surface area contributed by atoms with Crippen molar-refractivity contribution < 1.29 is 67.6 Å². The molecule has 3 fully saturated rings. The van der Waals surface area contributed by atoms with Gasteiger partial charge >= 0.3 is 5.97 Å². The number of carbonyl (C=O) groups excluding carboxylic acids is 2. The minimum atomic E-state index is -0.940. The molecule has 14 rings (SSSR count). The number of carboxylic acid groups (broad SMARTS) is 1. The van der Waals surface area contributed by atoms with E-state index >= 15 is 0 Å². The molecule has 20 heteroatoms. The lowest BCUT2D eigenvalue weighted by atomic mass is 9.98. The van der Waals surface area contributed by atoms with Crippen LogP contribution < -0.4 is 29.0 Å². The molecule has 0 aliphatic carbocycles. The van der Waals surface area contributed by atoms with E-state index in [2.05, 4.69) is 57.4 Å². The maximum atomic E-state index is 13.7. The number of amides is 2. The molecule has 0 unspecified atom stereocenters. The molecule has 8 aromatic carbocycles. The number of phenols is 2. The highest BCUT2D eigenvalue weighted by Gasteiger charge is 2.32. The average molecular weight is 1510 g/mol. The zero-order valence-corrected chi connectivity index (χ0v) is 65.5. The van der Waals surface area contributed by atoms with Crippen molar-refractivity contribution in [2.45, 2.75) is 119 Å². The molecule has 0 radical (unpaired) electrons. The van der Waals surface area contributed by atoms with E-state index < -0.39 is 5.97 Å². The molecule has 0 atom stereocenters. The van der Waals surface area contributed by atoms with Gasteiger partial charge in [-0.1, -0.05) is 124 Å². The minimum Gasteiger partial charge on any atom is -0.508 e. The maximum absolute atomic E-state index is 13.7. The minimum absolute atomic E-state index is 0.00604. The van der Waals surface area contributed by atoms with Crippen molar-refractivity contribution in [2.24, 2.45) is 0 Å². The van der Waals surface area contributed by atoms with Crippen molar-refractivity contribution in [1.29, 1.82) is 0 Å². The summed E-state index contributed by atoms with van der Waals surface area (Å²) >= 11 is 0. The first-order chi connectivity index (χ1) is 53.8. The van der Waals surface area contributed by atoms with Crippen LogP contribution in [0.4, 0.5) is 0 Å². The fourth-order valence-electron chi connectivity index (χ4n) is 14.4. The predicted octanol–water partition coefficient (Wildman–Crippen LogP) is 15.0. The Kier molecular flexibility index (Phi) is 30.1. The number of aromatic hydroxyl groups is 2. The molecule has 0 bridgehead atoms. The van der Waals surface area contributed by atoms with Crippen LogP contribution in [-0.2, 0) is 66.7 Å². The van der Waals surface area contributed by atoms with Gasteiger partial charge in [0, 0.05) is 125 Å². The predicted molar refractivity (Wildman–Crippen MR) is 433 cm³/mol. The number of nitrogens with one attached hydrogen (secondary N) is 1. The summed E-state index contributed by atoms with van der Waals surface area (Å²) in [6.45, 7) is 40.5. The van der Waals surface area contributed by atoms with Crippen LogP contribution in [0.5, 0.6) is 40.2 Å². The number of nitrogens with zero attached hydrogens (tertiary/aromatic N) is 5. The number of carbonyl (C=O) groups is 3. The molecule has 4 N–H and O–H groups in total. The van der Waals surface area contributed by atoms with E-state index in [1.807, 2.05) is 143 Å². The first-order valence-corrected chi connectivity index (χ1v) is 39.0. The van der Waals surface area contributed by atoms with Crippen LogP contribution in [0.1, 0.15) is 156 Å². The van der Waals surface area contributed by atoms with Gasteiger partial charge in [-0.25, -0.2) is 4.79 Å². The summed E-state index contributed by atoms with van der Waals surface area (Å²) in [5, 5.41) is 33.0. The number of ether oxygens (including phenoxy) is 8. The van der Waals surface area contributed by atoms with Crippen LogP contribution >= 0.6 is 0 Å². The van der Waals surface area contributed by atoms with E-state index in [9.17, 15) is 29.7 Å². The number of rotatable bonds is 27. The van der Waals surface area contributed by atoms with E-state index in [1.54, 1.807) is 30.0 Å². The van der Waals surface area contributed by atoms with Crippen LogP contribution in [-0.4, -0.2) is 176 Å². The van der Waals surface area contributed by atoms with Crippen molar-refractivity contribution in [2.75, 3.05) is 118 Å². The Labute approximate surface area is 654 Å². The van der Waals surface area contributed by atoms with E-state index in [-0.39, 0.29) is 40.4 Å². The third-order valence-electron chi connectivity index (χ3n) is 20.7. The third-order valence-corrected chi connectivity index (χ3v) is 20.7. The summed E-state index contributed by atoms with van der Waals surface area (Å²) in [7, 11) is 0. The van der Waals surface area contributed by atoms with Gasteiger partial charge in [0.05, 0.1) is 83.7 Å². The van der Waals surface area contributed by atoms with Gasteiger partial charge in [-0.2, -0.15) is 0 Å². The van der Waals surface area contributed by atoms with Crippen molar-refractivity contribution in [3.8, 4) is 40.2 Å². The van der Waals surface area contributed by atoms with Crippen LogP contribution in [0.15, 0.2) is 165 Å². The summed E-state index contributed by atoms with van der Waals surface area (Å²) in [6, 6.07) is 48.5. The highest BCUT2D eigenvalue weighted by atomic mass is 16.5. The van der Waals surface area contributed by atoms with Crippen LogP contribution in [0.2, 0.25) is 0 Å². The van der Waals surface area contributed by atoms with E-state index in [0.29, 0.717) is 75.0 Å². The molecule has 0 saturated carbocycles. The van der Waals surface area contributed by atoms with Gasteiger partial charge in [0.15, 0.2) is 0 Å². The fraction of sp³-hybridized carbons (Fsp3) is 0.396. The first kappa shape index (κ1) is 81.9. The van der Waals surface area contributed by atoms with Gasteiger partial charge in [0.1, 0.15) is 53.5 Å². The summed E-state index contributed by atoms with van der Waals surface area (Å²) in [4.78, 5) is 49.0. The SMILES string of the molecule is C=C(C)c1cc(C(=O)N2Cc3cccc(OCCCN4CCOCC4)c3C2)c(C)cc1OCc1ccccc1.C=C(C)c1cc(C(=O)O)c(C)cc1OCc1ccccc1.CC(C)c1cc(C(=O)N2Cc3cccc(OCCCN4CCOCC4)c3C2)c(O)cc1O.c1cc2c(c(OCCCN3CCOCC3)c1)CNC2. The van der Waals surface area contributed by atoms with Crippen molar-refractivity contribution >= 4 is 28.9 Å². The lowest BCUT2D eigenvalue weighted by Crippen LogP contribution is -2.37. The zero-order valence-electron chi connectivity index (χ0n) is 65.5. The summed E-state index contributed by atoms with van der Waals surface area (Å²) in [6.07, 6.45) is 2.98. The Morgan fingerprint density at radius 3 is 1.27 bits per heavy atom. The first-order valence-electron chi connectivity index (χ1n) is 39.0. The smallest absolute Gasteiger partial charge is 0.335 e. The molecule has 6 aliphatic heterocycles. The number of aromatic carboxylic acids is 1. The number of benzene rings is 8. The van der Waals surface area contributed by atoms with Gasteiger partial charge in [-0.15, -0.1) is 0 Å². The molecule has 8 aromatic rings. The molecule has 6 aliphatic rings. The normalized spacial score (nSPS) is 15.3. The number of phenolic OH excluding ortho intramolecular Hbond substituents is 2. The number of allylic oxidation sites excluding steroid dienone is 2. The van der Waals surface area contributed by atoms with Gasteiger partial charge in [0.2, 0.25) is 0 Å². The van der Waals surface area contributed by atoms with Crippen LogP contribution in [0, 0.1) is 13.8 Å². The van der Waals surface area contributed by atoms with Gasteiger partial charge in [-0.05, 0) is 157 Å². The summed E-state index contributed by atoms with van der Waals surface area (Å²) in [5.74, 6) is 2.83. The number of fused-ring (bicyclic) bond motifs is 3. The monoisotopic (exact) mass is 1510 g/mol. The molecule has 6 heterocycles. The lowest BCUT2D eigenvalue weighted by Gasteiger charge is -2.26. The number of morpholine rings is 3. The topological polar surface area (TPSA) is 214 Å². The molecule has 0 spiro atoms. The second-order valence-electron chi connectivity index (χ2n) is 29.4. The summed E-state index contributed by atoms with van der Waals surface area (Å²) in [5.41, 5.74) is 15.8. The Balaban J connectivity index is 0.000000153. The van der Waals surface area contributed by atoms with E-state index in [1.165, 1.54) is 17.2 Å². The molecule has 111 heavy (non-hydrogen) atoms. The van der Waals surface area contributed by atoms with E-state index in [4.69, 9.17) is 37.9 Å². The molecule has 588 valence electrons. The Morgan fingerprint density at radius 1 is 0.441 bits per heavy atom. The van der Waals surface area contributed by atoms with Crippen molar-refractivity contribution in [3.05, 3.63) is 254 Å². The average Bonchev–Trinajstić information content (AvgIpc) is 1.69. The van der Waals surface area contributed by atoms with Gasteiger partial charge in [0.25, 0.3) is 11.8 Å². The van der Waals surface area contributed by atoms with Gasteiger partial charge < -0.3 is 68.3 Å². The second kappa shape index (κ2) is 40.8. The number of carboxylic acids is 1. The third kappa shape index (κ3) is 22.8. The summed E-state index contributed by atoms with van der Waals surface area (Å²) < 4.78 is 46.4. The molecule has 2 amide bonds. The molecular weight excluding hydrogens is 1400 g/mol. The van der Waals surface area contributed by atoms with Crippen LogP contribution in [0.3, 0.4) is 0 Å². The number of hydrogen-bond donors (Lipinski definition) is 4. The quantitative estimate of drug-likeness (QED) is 0.0352. The Morgan fingerprint density at radius 2 is 0.847 bits per heavy atom. The molecule has 3 saturated heterocycles. The van der Waals surface area contributed by atoms with Crippen molar-refractivity contribution in [1.82, 2.24) is 29.8 Å². The fourth-order valence-corrected chi connectivity index (χ4v) is 14.4. The zero-order chi connectivity index (χ0) is 78.2. The highest BCUT2D eigenvalue weighted by Crippen LogP contribution is 2.39. The Bertz CT molecular complexity index is 4450. The lowest BCUT2D eigenvalue weighted by molar-refractivity contribution is 0.0357. The standard InChI is InChI=1S/C33H38N2O4.C25H32N2O5.C18H18O3.C15H22N2O2/c1-24(2)28-20-29(25(3)19-32(28)39-23-26-9-5-4-6-10-26)33(36)35-21-27-11-7-12-31(30(27)22-35)38-16-8-13-34-14-17-37-18-15-34;1-17(2)19-13-20(23(29)14-22(19)28)25(30)27-15-18-5-3-6-24(21(18)16-27)32-10-4-7-26-8-11-31-12-9-26;1-12(2)15-10-16(18(19)20)13(3)9-17(15)21-11-14-7-5-4-6-8-14;1-3-13-11-16-12-14(13)15(4-1)19-8-2-5-17-6-9-18-10-7-17/h4-7,9-12,19-20H,1,8,13-18,21-23H2,2-3H3;3,5-6,13-14,17,28-29H,4,7-12,15-16H2,1-2H3;4-10H,1,11H2,2-3H3,(H,19,20);1,3-4,16H,2,5-12H2. The van der Waals surface area contributed by atoms with E-state index in [0.717, 1.165) is 222 Å². The second-order valence-corrected chi connectivity index (χ2v) is 29.4. The van der Waals surface area contributed by atoms with Crippen LogP contribution in [0.25, 0.3) is 11.1 Å². The van der Waals surface area contributed by atoms with Crippen molar-refractivity contribution in [3.63, 3.8) is 0 Å². The largest absolute Gasteiger partial charge is 0.508 e. The number of hydrogen-bond acceptors (Lipinski definition) is 17. The molecular formula is C91H110N6O14. The molecule has 0 aromatic heterocycles. The highest BCUT2D eigenvalue weighted by molar-refractivity contribution is 5.98. The van der Waals surface area contributed by atoms with Gasteiger partial charge in [-0.3, -0.25) is 24.3 Å². The number of aryl methyl sites for hydroxylation is 2. The molecule has 20 nitrogen and oxygen atoms in total. The maximum Gasteiger partial charge on any atom is 0.335 e.